The van der Waals surface area contributed by atoms with Crippen LogP contribution in [-0.4, -0.2) is 6.61 Å². The van der Waals surface area contributed by atoms with Crippen LogP contribution >= 0.6 is 0 Å². The molecule has 0 unspecified atom stereocenters. The Labute approximate surface area is 207 Å². The van der Waals surface area contributed by atoms with Crippen molar-refractivity contribution in [3.8, 4) is 5.75 Å². The molecule has 3 aromatic rings. The van der Waals surface area contributed by atoms with Gasteiger partial charge in [-0.15, -0.1) is 0 Å². The second kappa shape index (κ2) is 8.46. The molecule has 3 aromatic carbocycles. The third kappa shape index (κ3) is 3.39. The van der Waals surface area contributed by atoms with E-state index in [0.717, 1.165) is 50.9 Å². The molecule has 0 fully saturated rings. The van der Waals surface area contributed by atoms with Crippen LogP contribution in [0, 0.1) is 0 Å². The van der Waals surface area contributed by atoms with E-state index in [1.165, 1.54) is 56.0 Å². The Balaban J connectivity index is 1.53. The number of anilines is 3. The molecule has 0 bridgehead atoms. The zero-order valence-electron chi connectivity index (χ0n) is 20.0. The van der Waals surface area contributed by atoms with E-state index in [2.05, 4.69) is 95.9 Å². The van der Waals surface area contributed by atoms with Crippen molar-refractivity contribution in [2.45, 2.75) is 38.5 Å². The monoisotopic (exact) mass is 455 g/mol. The van der Waals surface area contributed by atoms with Crippen molar-refractivity contribution in [3.05, 3.63) is 113 Å². The highest BCUT2D eigenvalue weighted by Crippen LogP contribution is 2.53. The number of hydrogen-bond acceptors (Lipinski definition) is 2. The third-order valence-electron chi connectivity index (χ3n) is 7.66. The molecular weight excluding hydrogens is 426 g/mol. The first kappa shape index (κ1) is 20.6. The van der Waals surface area contributed by atoms with Crippen LogP contribution in [0.15, 0.2) is 91.0 Å². The average molecular weight is 456 g/mol. The van der Waals surface area contributed by atoms with Crippen molar-refractivity contribution < 1.29 is 4.74 Å². The summed E-state index contributed by atoms with van der Waals surface area (Å²) in [7, 11) is 0. The van der Waals surface area contributed by atoms with Crippen molar-refractivity contribution in [2.24, 2.45) is 0 Å². The van der Waals surface area contributed by atoms with E-state index in [1.54, 1.807) is 0 Å². The highest BCUT2D eigenvalue weighted by atomic mass is 16.5. The second-order valence-electron chi connectivity index (χ2n) is 9.77. The summed E-state index contributed by atoms with van der Waals surface area (Å²) in [6.07, 6.45) is 18.1. The Morgan fingerprint density at radius 1 is 0.771 bits per heavy atom. The van der Waals surface area contributed by atoms with Crippen LogP contribution in [0.3, 0.4) is 0 Å². The van der Waals surface area contributed by atoms with Gasteiger partial charge in [0.2, 0.25) is 0 Å². The molecule has 0 atom stereocenters. The van der Waals surface area contributed by atoms with Crippen molar-refractivity contribution in [1.29, 1.82) is 0 Å². The molecule has 0 spiro atoms. The zero-order chi connectivity index (χ0) is 23.2. The number of para-hydroxylation sites is 1. The molecule has 0 radical (unpaired) electrons. The maximum atomic E-state index is 6.18. The summed E-state index contributed by atoms with van der Waals surface area (Å²) < 4.78 is 6.18. The first-order valence-electron chi connectivity index (χ1n) is 12.9. The minimum absolute atomic E-state index is 0.798. The Kier molecular flexibility index (Phi) is 4.98. The molecule has 2 nitrogen and oxygen atoms in total. The third-order valence-corrected chi connectivity index (χ3v) is 7.66. The standard InChI is InChI=1S/C33H29NO/c1-2-10-23(11-3-1)24-12-8-13-25(22-24)34-31-18-7-6-16-28(31)26-14-4-5-15-27(26)29-19-20-32-30(33(29)34)17-9-21-35-32/h2,5-8,10-13,15-16,18-20,22H,1,3-4,9,14,17,21H2. The molecule has 2 heteroatoms. The van der Waals surface area contributed by atoms with Crippen molar-refractivity contribution >= 4 is 33.8 Å². The molecule has 0 saturated carbocycles. The lowest BCUT2D eigenvalue weighted by Gasteiger charge is -2.32. The highest BCUT2D eigenvalue weighted by Gasteiger charge is 2.31. The Hall–Kier alpha value is -3.78. The quantitative estimate of drug-likeness (QED) is 0.383. The zero-order valence-corrected chi connectivity index (χ0v) is 20.0. The van der Waals surface area contributed by atoms with Gasteiger partial charge in [-0.2, -0.15) is 0 Å². The van der Waals surface area contributed by atoms with Gasteiger partial charge in [-0.05, 0) is 91.1 Å². The molecule has 0 aromatic heterocycles. The van der Waals surface area contributed by atoms with Crippen molar-refractivity contribution in [3.63, 3.8) is 0 Å². The predicted octanol–water partition coefficient (Wildman–Crippen LogP) is 8.79. The molecule has 7 rings (SSSR count). The number of ether oxygens (including phenoxy) is 1. The fourth-order valence-electron chi connectivity index (χ4n) is 6.06. The Bertz CT molecular complexity index is 1450. The lowest BCUT2D eigenvalue weighted by molar-refractivity contribution is 0.288. The first-order chi connectivity index (χ1) is 17.4. The van der Waals surface area contributed by atoms with E-state index in [0.29, 0.717) is 0 Å². The molecule has 172 valence electrons. The van der Waals surface area contributed by atoms with Gasteiger partial charge in [0.25, 0.3) is 0 Å². The minimum atomic E-state index is 0.798. The van der Waals surface area contributed by atoms with Gasteiger partial charge in [-0.1, -0.05) is 60.7 Å². The summed E-state index contributed by atoms with van der Waals surface area (Å²) in [5.74, 6) is 1.04. The lowest BCUT2D eigenvalue weighted by Crippen LogP contribution is -2.18. The van der Waals surface area contributed by atoms with Crippen LogP contribution in [0.2, 0.25) is 0 Å². The molecular formula is C33H29NO. The van der Waals surface area contributed by atoms with E-state index >= 15 is 0 Å². The number of benzene rings is 3. The summed E-state index contributed by atoms with van der Waals surface area (Å²) in [5.41, 5.74) is 13.2. The molecule has 0 saturated heterocycles. The van der Waals surface area contributed by atoms with Crippen LogP contribution in [0.25, 0.3) is 16.7 Å². The first-order valence-corrected chi connectivity index (χ1v) is 12.9. The van der Waals surface area contributed by atoms with Gasteiger partial charge in [0, 0.05) is 22.4 Å². The SMILES string of the molecule is C1=CC(c2cccc(N3c4ccccc4C4=C(C=CCC4)c4ccc5c(c43)CCCO5)c2)=CCC1. The Morgan fingerprint density at radius 3 is 2.66 bits per heavy atom. The second-order valence-corrected chi connectivity index (χ2v) is 9.77. The summed E-state index contributed by atoms with van der Waals surface area (Å²) in [5, 5.41) is 0. The molecule has 0 amide bonds. The highest BCUT2D eigenvalue weighted by molar-refractivity contribution is 6.07. The van der Waals surface area contributed by atoms with Gasteiger partial charge in [-0.25, -0.2) is 0 Å². The van der Waals surface area contributed by atoms with Gasteiger partial charge in [0.15, 0.2) is 0 Å². The van der Waals surface area contributed by atoms with Gasteiger partial charge in [0.1, 0.15) is 5.75 Å². The summed E-state index contributed by atoms with van der Waals surface area (Å²) in [4.78, 5) is 2.51. The topological polar surface area (TPSA) is 12.5 Å². The van der Waals surface area contributed by atoms with Gasteiger partial charge in [0.05, 0.1) is 18.0 Å². The molecule has 2 aliphatic heterocycles. The van der Waals surface area contributed by atoms with Gasteiger partial charge in [-0.3, -0.25) is 0 Å². The van der Waals surface area contributed by atoms with Crippen molar-refractivity contribution in [2.75, 3.05) is 11.5 Å². The van der Waals surface area contributed by atoms with Gasteiger partial charge >= 0.3 is 0 Å². The molecule has 0 N–H and O–H groups in total. The number of rotatable bonds is 2. The summed E-state index contributed by atoms with van der Waals surface area (Å²) in [6.45, 7) is 0.798. The largest absolute Gasteiger partial charge is 0.493 e. The lowest BCUT2D eigenvalue weighted by atomic mass is 9.87. The van der Waals surface area contributed by atoms with E-state index in [9.17, 15) is 0 Å². The molecule has 35 heavy (non-hydrogen) atoms. The maximum Gasteiger partial charge on any atom is 0.124 e. The Morgan fingerprint density at radius 2 is 1.71 bits per heavy atom. The fourth-order valence-corrected chi connectivity index (χ4v) is 6.06. The fraction of sp³-hybridized carbons (Fsp3) is 0.212. The maximum absolute atomic E-state index is 6.18. The number of allylic oxidation sites excluding steroid dienone is 8. The van der Waals surface area contributed by atoms with Crippen LogP contribution < -0.4 is 9.64 Å². The van der Waals surface area contributed by atoms with Gasteiger partial charge < -0.3 is 9.64 Å². The average Bonchev–Trinajstić information content (AvgIpc) is 3.07. The van der Waals surface area contributed by atoms with E-state index in [-0.39, 0.29) is 0 Å². The normalized spacial score (nSPS) is 18.1. The minimum Gasteiger partial charge on any atom is -0.493 e. The molecule has 2 aliphatic carbocycles. The van der Waals surface area contributed by atoms with Crippen LogP contribution in [-0.2, 0) is 6.42 Å². The number of fused-ring (bicyclic) bond motifs is 6. The number of hydrogen-bond donors (Lipinski definition) is 0. The summed E-state index contributed by atoms with van der Waals surface area (Å²) >= 11 is 0. The van der Waals surface area contributed by atoms with E-state index in [4.69, 9.17) is 4.74 Å². The molecule has 4 aliphatic rings. The molecule has 2 heterocycles. The van der Waals surface area contributed by atoms with E-state index < -0.39 is 0 Å². The van der Waals surface area contributed by atoms with Crippen LogP contribution in [0.1, 0.15) is 54.4 Å². The van der Waals surface area contributed by atoms with Crippen LogP contribution in [0.4, 0.5) is 17.1 Å². The smallest absolute Gasteiger partial charge is 0.124 e. The van der Waals surface area contributed by atoms with Crippen LogP contribution in [0.5, 0.6) is 5.75 Å². The van der Waals surface area contributed by atoms with E-state index in [1.807, 2.05) is 0 Å². The van der Waals surface area contributed by atoms with Crippen molar-refractivity contribution in [1.82, 2.24) is 0 Å². The number of nitrogens with zero attached hydrogens (tertiary/aromatic N) is 1. The predicted molar refractivity (Wildman–Crippen MR) is 146 cm³/mol. The summed E-state index contributed by atoms with van der Waals surface area (Å²) in [6, 6.07) is 22.5.